The predicted octanol–water partition coefficient (Wildman–Crippen LogP) is 2.30. The lowest BCUT2D eigenvalue weighted by Crippen LogP contribution is -2.36. The molecule has 0 radical (unpaired) electrons. The second kappa shape index (κ2) is 7.80. The Kier molecular flexibility index (Phi) is 5.20. The van der Waals surface area contributed by atoms with E-state index in [1.54, 1.807) is 15.3 Å². The number of fused-ring (bicyclic) bond motifs is 2. The molecule has 1 amide bonds. The molecule has 0 aliphatic carbocycles. The third-order valence-corrected chi connectivity index (χ3v) is 4.99. The summed E-state index contributed by atoms with van der Waals surface area (Å²) in [5, 5.41) is 11.0. The maximum absolute atomic E-state index is 12.6. The Morgan fingerprint density at radius 1 is 1.38 bits per heavy atom. The highest BCUT2D eigenvalue weighted by molar-refractivity contribution is 9.10. The molecule has 3 heterocycles. The van der Waals surface area contributed by atoms with Crippen LogP contribution < -0.4 is 11.1 Å². The van der Waals surface area contributed by atoms with Gasteiger partial charge in [0.15, 0.2) is 0 Å². The summed E-state index contributed by atoms with van der Waals surface area (Å²) in [6.07, 6.45) is 3.37. The quantitative estimate of drug-likeness (QED) is 0.429. The van der Waals surface area contributed by atoms with Crippen molar-refractivity contribution < 1.29 is 9.53 Å². The number of ether oxygens (including phenoxy) is 1. The second-order valence-corrected chi connectivity index (χ2v) is 7.79. The second-order valence-electron chi connectivity index (χ2n) is 6.87. The van der Waals surface area contributed by atoms with Crippen molar-refractivity contribution in [2.75, 3.05) is 12.3 Å². The standard InChI is InChI=1S/C19H20BrN7O2/c1-11(23-19(28)16-7-22-17-4-3-13(20)8-27(16)17)9-29-10-12-5-14(21)18-15(6-12)26(2)25-24-18/h3-8,11H,9-10,21H2,1-2H3,(H,23,28)/t11-/m1/s1. The molecule has 0 saturated carbocycles. The van der Waals surface area contributed by atoms with Crippen molar-refractivity contribution in [3.05, 3.63) is 52.4 Å². The number of benzene rings is 1. The molecule has 1 aromatic carbocycles. The molecular weight excluding hydrogens is 438 g/mol. The molecule has 0 aliphatic rings. The average molecular weight is 458 g/mol. The molecule has 4 rings (SSSR count). The Morgan fingerprint density at radius 3 is 3.03 bits per heavy atom. The molecule has 0 aliphatic heterocycles. The number of halogens is 1. The topological polar surface area (TPSA) is 112 Å². The Labute approximate surface area is 175 Å². The van der Waals surface area contributed by atoms with E-state index in [-0.39, 0.29) is 11.9 Å². The van der Waals surface area contributed by atoms with Gasteiger partial charge in [-0.1, -0.05) is 5.21 Å². The van der Waals surface area contributed by atoms with Crippen LogP contribution in [0, 0.1) is 0 Å². The average Bonchev–Trinajstić information content (AvgIpc) is 3.25. The van der Waals surface area contributed by atoms with Crippen LogP contribution in [0.25, 0.3) is 16.7 Å². The zero-order valence-electron chi connectivity index (χ0n) is 16.0. The molecule has 0 unspecified atom stereocenters. The number of nitrogen functional groups attached to an aromatic ring is 1. The van der Waals surface area contributed by atoms with Gasteiger partial charge in [0.05, 0.1) is 30.6 Å². The summed E-state index contributed by atoms with van der Waals surface area (Å²) < 4.78 is 10.1. The lowest BCUT2D eigenvalue weighted by Gasteiger charge is -2.14. The molecule has 150 valence electrons. The van der Waals surface area contributed by atoms with Crippen LogP contribution in [0.3, 0.4) is 0 Å². The lowest BCUT2D eigenvalue weighted by atomic mass is 10.2. The summed E-state index contributed by atoms with van der Waals surface area (Å²) in [5.41, 5.74) is 10.2. The van der Waals surface area contributed by atoms with Gasteiger partial charge in [0, 0.05) is 23.8 Å². The highest BCUT2D eigenvalue weighted by Crippen LogP contribution is 2.21. The molecular formula is C19H20BrN7O2. The normalized spacial score (nSPS) is 12.5. The van der Waals surface area contributed by atoms with Crippen LogP contribution in [0.5, 0.6) is 0 Å². The van der Waals surface area contributed by atoms with Crippen LogP contribution in [0.1, 0.15) is 23.0 Å². The van der Waals surface area contributed by atoms with Crippen molar-refractivity contribution in [2.45, 2.75) is 19.6 Å². The monoisotopic (exact) mass is 457 g/mol. The summed E-state index contributed by atoms with van der Waals surface area (Å²) in [7, 11) is 1.82. The number of hydrogen-bond donors (Lipinski definition) is 2. The van der Waals surface area contributed by atoms with Gasteiger partial charge in [-0.3, -0.25) is 9.20 Å². The van der Waals surface area contributed by atoms with E-state index in [4.69, 9.17) is 10.5 Å². The zero-order valence-corrected chi connectivity index (χ0v) is 17.5. The molecule has 1 atom stereocenters. The molecule has 0 spiro atoms. The largest absolute Gasteiger partial charge is 0.397 e. The van der Waals surface area contributed by atoms with Gasteiger partial charge in [0.25, 0.3) is 5.91 Å². The van der Waals surface area contributed by atoms with Crippen molar-refractivity contribution in [3.63, 3.8) is 0 Å². The van der Waals surface area contributed by atoms with Gasteiger partial charge in [0.2, 0.25) is 0 Å². The first-order chi connectivity index (χ1) is 13.9. The number of aromatic nitrogens is 5. The summed E-state index contributed by atoms with van der Waals surface area (Å²) in [5.74, 6) is -0.210. The number of nitrogens with one attached hydrogen (secondary N) is 1. The molecule has 9 nitrogen and oxygen atoms in total. The third-order valence-electron chi connectivity index (χ3n) is 4.52. The molecule has 4 aromatic rings. The fourth-order valence-electron chi connectivity index (χ4n) is 3.12. The van der Waals surface area contributed by atoms with E-state index in [1.807, 2.05) is 44.4 Å². The minimum Gasteiger partial charge on any atom is -0.397 e. The molecule has 0 bridgehead atoms. The van der Waals surface area contributed by atoms with Crippen LogP contribution in [-0.4, -0.2) is 42.9 Å². The van der Waals surface area contributed by atoms with E-state index < -0.39 is 0 Å². The van der Waals surface area contributed by atoms with Crippen LogP contribution in [0.4, 0.5) is 5.69 Å². The van der Waals surface area contributed by atoms with Crippen molar-refractivity contribution in [1.29, 1.82) is 0 Å². The van der Waals surface area contributed by atoms with Crippen molar-refractivity contribution in [2.24, 2.45) is 7.05 Å². The van der Waals surface area contributed by atoms with Gasteiger partial charge in [0.1, 0.15) is 16.9 Å². The first kappa shape index (κ1) is 19.3. The number of imidazole rings is 1. The van der Waals surface area contributed by atoms with E-state index in [9.17, 15) is 4.79 Å². The molecule has 0 fully saturated rings. The number of anilines is 1. The van der Waals surface area contributed by atoms with E-state index in [1.165, 1.54) is 0 Å². The lowest BCUT2D eigenvalue weighted by molar-refractivity contribution is 0.0816. The molecule has 0 saturated heterocycles. The van der Waals surface area contributed by atoms with E-state index >= 15 is 0 Å². The fraction of sp³-hybridized carbons (Fsp3) is 0.263. The highest BCUT2D eigenvalue weighted by atomic mass is 79.9. The Hall–Kier alpha value is -2.98. The van der Waals surface area contributed by atoms with E-state index in [2.05, 4.69) is 36.5 Å². The first-order valence-electron chi connectivity index (χ1n) is 9.01. The zero-order chi connectivity index (χ0) is 20.5. The number of rotatable bonds is 6. The molecule has 3 aromatic heterocycles. The number of nitrogens with two attached hydrogens (primary N) is 1. The molecule has 29 heavy (non-hydrogen) atoms. The number of aryl methyl sites for hydroxylation is 1. The predicted molar refractivity (Wildman–Crippen MR) is 112 cm³/mol. The maximum atomic E-state index is 12.6. The van der Waals surface area contributed by atoms with Gasteiger partial charge >= 0.3 is 0 Å². The summed E-state index contributed by atoms with van der Waals surface area (Å²) in [6.45, 7) is 2.61. The van der Waals surface area contributed by atoms with Crippen LogP contribution >= 0.6 is 15.9 Å². The number of pyridine rings is 1. The summed E-state index contributed by atoms with van der Waals surface area (Å²) in [4.78, 5) is 16.8. The number of carbonyl (C=O) groups is 1. The van der Waals surface area contributed by atoms with Crippen LogP contribution in [-0.2, 0) is 18.4 Å². The Bertz CT molecular complexity index is 1200. The third kappa shape index (κ3) is 3.94. The highest BCUT2D eigenvalue weighted by Gasteiger charge is 2.15. The van der Waals surface area contributed by atoms with Crippen LogP contribution in [0.2, 0.25) is 0 Å². The van der Waals surface area contributed by atoms with Crippen LogP contribution in [0.15, 0.2) is 41.1 Å². The number of nitrogens with zero attached hydrogens (tertiary/aromatic N) is 5. The van der Waals surface area contributed by atoms with Gasteiger partial charge in [-0.15, -0.1) is 5.10 Å². The van der Waals surface area contributed by atoms with Crippen molar-refractivity contribution >= 4 is 44.2 Å². The minimum absolute atomic E-state index is 0.181. The Balaban J connectivity index is 1.36. The van der Waals surface area contributed by atoms with Gasteiger partial charge in [-0.25, -0.2) is 9.67 Å². The summed E-state index contributed by atoms with van der Waals surface area (Å²) in [6, 6.07) is 7.32. The smallest absolute Gasteiger partial charge is 0.270 e. The fourth-order valence-corrected chi connectivity index (χ4v) is 3.45. The SMILES string of the molecule is C[C@H](COCc1cc(N)c2nnn(C)c2c1)NC(=O)c1cnc2ccc(Br)cn12. The minimum atomic E-state index is -0.210. The van der Waals surface area contributed by atoms with Crippen molar-refractivity contribution in [1.82, 2.24) is 29.7 Å². The maximum Gasteiger partial charge on any atom is 0.270 e. The first-order valence-corrected chi connectivity index (χ1v) is 9.80. The van der Waals surface area contributed by atoms with Gasteiger partial charge < -0.3 is 15.8 Å². The summed E-state index contributed by atoms with van der Waals surface area (Å²) >= 11 is 3.41. The van der Waals surface area contributed by atoms with E-state index in [0.717, 1.165) is 15.6 Å². The number of carbonyl (C=O) groups excluding carboxylic acids is 1. The van der Waals surface area contributed by atoms with Gasteiger partial charge in [-0.2, -0.15) is 0 Å². The van der Waals surface area contributed by atoms with E-state index in [0.29, 0.717) is 35.8 Å². The number of amides is 1. The molecule has 10 heteroatoms. The number of hydrogen-bond acceptors (Lipinski definition) is 6. The molecule has 3 N–H and O–H groups in total. The van der Waals surface area contributed by atoms with Gasteiger partial charge in [-0.05, 0) is 52.7 Å². The van der Waals surface area contributed by atoms with Crippen molar-refractivity contribution in [3.8, 4) is 0 Å². The Morgan fingerprint density at radius 2 is 2.21 bits per heavy atom.